The molecule has 0 saturated carbocycles. The third kappa shape index (κ3) is 4.19. The van der Waals surface area contributed by atoms with Crippen LogP contribution in [0.4, 0.5) is 5.69 Å². The van der Waals surface area contributed by atoms with Gasteiger partial charge in [-0.15, -0.1) is 0 Å². The molecule has 4 heteroatoms. The molecule has 0 aliphatic carbocycles. The molecular weight excluding hydrogens is 370 g/mol. The van der Waals surface area contributed by atoms with Gasteiger partial charge >= 0.3 is 0 Å². The second kappa shape index (κ2) is 8.49. The van der Waals surface area contributed by atoms with Crippen molar-refractivity contribution in [3.05, 3.63) is 65.9 Å². The molecule has 4 nitrogen and oxygen atoms in total. The zero-order chi connectivity index (χ0) is 21.3. The Morgan fingerprint density at radius 2 is 1.63 bits per heavy atom. The van der Waals surface area contributed by atoms with E-state index in [1.807, 2.05) is 30.3 Å². The van der Waals surface area contributed by atoms with Crippen LogP contribution in [0.2, 0.25) is 0 Å². The van der Waals surface area contributed by atoms with E-state index in [-0.39, 0.29) is 5.91 Å². The molecule has 0 unspecified atom stereocenters. The van der Waals surface area contributed by atoms with Crippen molar-refractivity contribution in [1.29, 1.82) is 0 Å². The van der Waals surface area contributed by atoms with E-state index in [1.54, 1.807) is 0 Å². The Morgan fingerprint density at radius 1 is 0.967 bits per heavy atom. The topological polar surface area (TPSA) is 37.3 Å². The summed E-state index contributed by atoms with van der Waals surface area (Å²) in [6.45, 7) is 12.1. The van der Waals surface area contributed by atoms with Gasteiger partial charge in [-0.1, -0.05) is 64.1 Å². The van der Waals surface area contributed by atoms with Crippen LogP contribution in [0.1, 0.15) is 38.8 Å². The summed E-state index contributed by atoms with van der Waals surface area (Å²) >= 11 is 0. The van der Waals surface area contributed by atoms with Gasteiger partial charge in [0.2, 0.25) is 0 Å². The molecule has 1 N–H and O–H groups in total. The zero-order valence-corrected chi connectivity index (χ0v) is 18.4. The number of benzene rings is 2. The number of anilines is 1. The molecule has 1 aromatic heterocycles. The van der Waals surface area contributed by atoms with Crippen molar-refractivity contribution in [2.75, 3.05) is 18.4 Å². The van der Waals surface area contributed by atoms with Crippen molar-refractivity contribution >= 4 is 34.1 Å². The average molecular weight is 402 g/mol. The lowest BCUT2D eigenvalue weighted by Gasteiger charge is -2.27. The van der Waals surface area contributed by atoms with Crippen molar-refractivity contribution < 1.29 is 4.79 Å². The highest BCUT2D eigenvalue weighted by Crippen LogP contribution is 2.34. The molecule has 4 rings (SSSR count). The molecule has 156 valence electrons. The molecule has 3 aromatic rings. The van der Waals surface area contributed by atoms with Gasteiger partial charge in [0.1, 0.15) is 0 Å². The molecule has 1 amide bonds. The van der Waals surface area contributed by atoms with Crippen LogP contribution < -0.4 is 5.32 Å². The Labute approximate surface area is 179 Å². The second-order valence-electron chi connectivity index (χ2n) is 9.09. The van der Waals surface area contributed by atoms with Gasteiger partial charge in [0.15, 0.2) is 0 Å². The van der Waals surface area contributed by atoms with Gasteiger partial charge in [-0.3, -0.25) is 9.69 Å². The third-order valence-electron chi connectivity index (χ3n) is 5.43. The van der Waals surface area contributed by atoms with Crippen molar-refractivity contribution in [1.82, 2.24) is 9.47 Å². The minimum absolute atomic E-state index is 0.0331. The molecule has 0 saturated heterocycles. The largest absolute Gasteiger partial charge is 0.333 e. The minimum Gasteiger partial charge on any atom is -0.333 e. The van der Waals surface area contributed by atoms with Crippen LogP contribution in [-0.4, -0.2) is 28.5 Å². The molecular formula is C26H31N3O. The van der Waals surface area contributed by atoms with E-state index in [0.717, 1.165) is 42.1 Å². The van der Waals surface area contributed by atoms with Gasteiger partial charge in [0.25, 0.3) is 5.91 Å². The lowest BCUT2D eigenvalue weighted by atomic mass is 10.0. The number of fused-ring (bicyclic) bond motifs is 2. The van der Waals surface area contributed by atoms with Gasteiger partial charge in [-0.2, -0.15) is 0 Å². The van der Waals surface area contributed by atoms with Crippen LogP contribution in [-0.2, 0) is 11.5 Å². The zero-order valence-electron chi connectivity index (χ0n) is 18.4. The van der Waals surface area contributed by atoms with E-state index in [2.05, 4.69) is 72.9 Å². The number of hydrogen-bond donors (Lipinski definition) is 1. The fourth-order valence-corrected chi connectivity index (χ4v) is 4.38. The van der Waals surface area contributed by atoms with Crippen LogP contribution >= 0.6 is 0 Å². The first-order valence-electron chi connectivity index (χ1n) is 10.8. The van der Waals surface area contributed by atoms with E-state index in [1.165, 1.54) is 10.9 Å². The summed E-state index contributed by atoms with van der Waals surface area (Å²) in [6, 6.07) is 16.4. The minimum atomic E-state index is -0.0331. The smallest absolute Gasteiger partial charge is 0.256 e. The van der Waals surface area contributed by atoms with Crippen LogP contribution in [0.25, 0.3) is 22.6 Å². The van der Waals surface area contributed by atoms with Crippen LogP contribution in [0.5, 0.6) is 0 Å². The Balaban J connectivity index is 1.74. The summed E-state index contributed by atoms with van der Waals surface area (Å²) in [4.78, 5) is 15.1. The monoisotopic (exact) mass is 401 g/mol. The predicted molar refractivity (Wildman–Crippen MR) is 126 cm³/mol. The lowest BCUT2D eigenvalue weighted by Crippen LogP contribution is -2.33. The number of amides is 1. The molecule has 30 heavy (non-hydrogen) atoms. The number of nitrogens with one attached hydrogen (secondary N) is 1. The Morgan fingerprint density at radius 3 is 2.37 bits per heavy atom. The van der Waals surface area contributed by atoms with Crippen LogP contribution in [0.3, 0.4) is 0 Å². The van der Waals surface area contributed by atoms with E-state index in [0.29, 0.717) is 11.8 Å². The number of carbonyl (C=O) groups excluding carboxylic acids is 1. The van der Waals surface area contributed by atoms with Gasteiger partial charge in [0, 0.05) is 52.6 Å². The Hall–Kier alpha value is -2.85. The first-order valence-corrected chi connectivity index (χ1v) is 10.8. The maximum atomic E-state index is 12.6. The molecule has 0 radical (unpaired) electrons. The standard InChI is InChI=1S/C26H31N3O/c1-18(2)14-28(15-19(3)4)17-29-16-20(21-9-6-8-12-25(21)29)13-23-22-10-5-7-11-24(22)27-26(23)30/h5-13,16,18-19H,14-15,17H2,1-4H3,(H,27,30)/b23-13+. The number of rotatable bonds is 7. The summed E-state index contributed by atoms with van der Waals surface area (Å²) in [5.74, 6) is 1.20. The molecule has 1 aliphatic heterocycles. The number of hydrogen-bond acceptors (Lipinski definition) is 2. The molecule has 2 heterocycles. The number of aromatic nitrogens is 1. The van der Waals surface area contributed by atoms with Gasteiger partial charge in [-0.25, -0.2) is 0 Å². The number of para-hydroxylation sites is 2. The molecule has 2 aromatic carbocycles. The maximum absolute atomic E-state index is 12.6. The SMILES string of the molecule is CC(C)CN(CC(C)C)Cn1cc(/C=C2/C(=O)Nc3ccccc32)c2ccccc21. The number of carbonyl (C=O) groups is 1. The number of nitrogens with zero attached hydrogens (tertiary/aromatic N) is 2. The maximum Gasteiger partial charge on any atom is 0.256 e. The van der Waals surface area contributed by atoms with Gasteiger partial charge < -0.3 is 9.88 Å². The quantitative estimate of drug-likeness (QED) is 0.515. The summed E-state index contributed by atoms with van der Waals surface area (Å²) in [6.07, 6.45) is 4.23. The van der Waals surface area contributed by atoms with Crippen LogP contribution in [0.15, 0.2) is 54.7 Å². The highest BCUT2D eigenvalue weighted by atomic mass is 16.2. The fourth-order valence-electron chi connectivity index (χ4n) is 4.38. The highest BCUT2D eigenvalue weighted by Gasteiger charge is 2.24. The summed E-state index contributed by atoms with van der Waals surface area (Å²) in [5.41, 5.74) is 4.88. The summed E-state index contributed by atoms with van der Waals surface area (Å²) < 4.78 is 2.32. The van der Waals surface area contributed by atoms with Crippen molar-refractivity contribution in [3.8, 4) is 0 Å². The lowest BCUT2D eigenvalue weighted by molar-refractivity contribution is -0.110. The fraction of sp³-hybridized carbons (Fsp3) is 0.346. The van der Waals surface area contributed by atoms with Crippen molar-refractivity contribution in [2.24, 2.45) is 11.8 Å². The first-order chi connectivity index (χ1) is 14.4. The second-order valence-corrected chi connectivity index (χ2v) is 9.09. The summed E-state index contributed by atoms with van der Waals surface area (Å²) in [5, 5.41) is 4.15. The average Bonchev–Trinajstić information content (AvgIpc) is 3.19. The van der Waals surface area contributed by atoms with E-state index < -0.39 is 0 Å². The molecule has 0 spiro atoms. The first kappa shape index (κ1) is 20.4. The van der Waals surface area contributed by atoms with Crippen LogP contribution in [0, 0.1) is 11.8 Å². The van der Waals surface area contributed by atoms with E-state index >= 15 is 0 Å². The molecule has 0 atom stereocenters. The van der Waals surface area contributed by atoms with E-state index in [9.17, 15) is 4.79 Å². The molecule has 1 aliphatic rings. The highest BCUT2D eigenvalue weighted by molar-refractivity contribution is 6.35. The van der Waals surface area contributed by atoms with Gasteiger partial charge in [0.05, 0.1) is 6.67 Å². The predicted octanol–water partition coefficient (Wildman–Crippen LogP) is 5.71. The molecule has 0 bridgehead atoms. The normalized spacial score (nSPS) is 15.0. The van der Waals surface area contributed by atoms with Crippen molar-refractivity contribution in [2.45, 2.75) is 34.4 Å². The van der Waals surface area contributed by atoms with Gasteiger partial charge in [-0.05, 0) is 30.0 Å². The van der Waals surface area contributed by atoms with E-state index in [4.69, 9.17) is 0 Å². The summed E-state index contributed by atoms with van der Waals surface area (Å²) in [7, 11) is 0. The molecule has 0 fully saturated rings. The third-order valence-corrected chi connectivity index (χ3v) is 5.43. The van der Waals surface area contributed by atoms with Crippen molar-refractivity contribution in [3.63, 3.8) is 0 Å². The Bertz CT molecular complexity index is 1080. The Kier molecular flexibility index (Phi) is 5.78.